The Hall–Kier alpha value is -3.53. The molecule has 4 amide bonds. The first-order valence-corrected chi connectivity index (χ1v) is 10.4. The Bertz CT molecular complexity index is 1280. The van der Waals surface area contributed by atoms with Crippen LogP contribution in [-0.2, 0) is 16.1 Å². The molecule has 31 heavy (non-hydrogen) atoms. The van der Waals surface area contributed by atoms with Crippen LogP contribution >= 0.6 is 15.9 Å². The summed E-state index contributed by atoms with van der Waals surface area (Å²) >= 11 is 3.42. The zero-order valence-electron chi connectivity index (χ0n) is 16.1. The summed E-state index contributed by atoms with van der Waals surface area (Å²) in [6.07, 6.45) is 2.15. The zero-order chi connectivity index (χ0) is 21.7. The quantitative estimate of drug-likeness (QED) is 0.495. The molecular weight excluding hydrogens is 466 g/mol. The molecule has 3 N–H and O–H groups in total. The number of hydrogen-bond acceptors (Lipinski definition) is 5. The van der Waals surface area contributed by atoms with Gasteiger partial charge in [0.1, 0.15) is 17.3 Å². The standard InChI is InChI=1S/C21H16BrN5O4/c22-16-17-13(2-1-7-23-17)25-18(16)20(30)24-11-3-4-12-10(8-11)9-27(21(12)31)14-5-6-15(28)26-19(14)29/h1-4,7-8,14,25H,5-6,9H2,(H,24,30)(H,26,28,29). The fourth-order valence-electron chi connectivity index (χ4n) is 3.99. The van der Waals surface area contributed by atoms with Crippen LogP contribution in [0.3, 0.4) is 0 Å². The second kappa shape index (κ2) is 7.31. The van der Waals surface area contributed by atoms with Crippen molar-refractivity contribution >= 4 is 56.3 Å². The fourth-order valence-corrected chi connectivity index (χ4v) is 4.59. The minimum Gasteiger partial charge on any atom is -0.348 e. The van der Waals surface area contributed by atoms with Crippen molar-refractivity contribution in [3.8, 4) is 0 Å². The third-order valence-electron chi connectivity index (χ3n) is 5.50. The molecule has 156 valence electrons. The first-order valence-electron chi connectivity index (χ1n) is 9.63. The minimum atomic E-state index is -0.676. The van der Waals surface area contributed by atoms with Crippen molar-refractivity contribution in [3.63, 3.8) is 0 Å². The third kappa shape index (κ3) is 3.28. The molecule has 1 atom stereocenters. The average molecular weight is 482 g/mol. The number of piperidine rings is 1. The highest BCUT2D eigenvalue weighted by Crippen LogP contribution is 2.30. The number of fused-ring (bicyclic) bond motifs is 2. The van der Waals surface area contributed by atoms with Gasteiger partial charge in [-0.1, -0.05) is 0 Å². The molecule has 2 aromatic heterocycles. The molecule has 1 unspecified atom stereocenters. The number of hydrogen-bond donors (Lipinski definition) is 3. The molecule has 1 fully saturated rings. The molecular formula is C21H16BrN5O4. The van der Waals surface area contributed by atoms with E-state index in [4.69, 9.17) is 0 Å². The van der Waals surface area contributed by atoms with E-state index in [1.807, 2.05) is 6.07 Å². The van der Waals surface area contributed by atoms with E-state index in [0.717, 1.165) is 5.52 Å². The molecule has 0 saturated carbocycles. The van der Waals surface area contributed by atoms with Gasteiger partial charge in [0, 0.05) is 30.4 Å². The highest BCUT2D eigenvalue weighted by Gasteiger charge is 2.39. The second-order valence-electron chi connectivity index (χ2n) is 7.44. The van der Waals surface area contributed by atoms with Gasteiger partial charge in [0.2, 0.25) is 11.8 Å². The van der Waals surface area contributed by atoms with Gasteiger partial charge in [-0.15, -0.1) is 0 Å². The number of aromatic nitrogens is 2. The minimum absolute atomic E-state index is 0.200. The number of carbonyl (C=O) groups is 4. The van der Waals surface area contributed by atoms with Gasteiger partial charge in [-0.3, -0.25) is 29.5 Å². The lowest BCUT2D eigenvalue weighted by molar-refractivity contribution is -0.136. The average Bonchev–Trinajstić information content (AvgIpc) is 3.25. The van der Waals surface area contributed by atoms with E-state index < -0.39 is 11.9 Å². The highest BCUT2D eigenvalue weighted by atomic mass is 79.9. The first-order chi connectivity index (χ1) is 14.9. The number of H-pyrrole nitrogens is 1. The molecule has 2 aliphatic rings. The van der Waals surface area contributed by atoms with Gasteiger partial charge >= 0.3 is 0 Å². The summed E-state index contributed by atoms with van der Waals surface area (Å²) in [4.78, 5) is 57.9. The van der Waals surface area contributed by atoms with Gasteiger partial charge in [-0.2, -0.15) is 0 Å². The summed E-state index contributed by atoms with van der Waals surface area (Å²) in [6.45, 7) is 0.240. The van der Waals surface area contributed by atoms with Crippen molar-refractivity contribution in [2.24, 2.45) is 0 Å². The Balaban J connectivity index is 1.36. The van der Waals surface area contributed by atoms with Crippen molar-refractivity contribution in [2.45, 2.75) is 25.4 Å². The number of imide groups is 1. The highest BCUT2D eigenvalue weighted by molar-refractivity contribution is 9.10. The van der Waals surface area contributed by atoms with E-state index in [1.165, 1.54) is 4.90 Å². The van der Waals surface area contributed by atoms with Crippen LogP contribution in [0.5, 0.6) is 0 Å². The summed E-state index contributed by atoms with van der Waals surface area (Å²) < 4.78 is 0.570. The maximum absolute atomic E-state index is 12.8. The zero-order valence-corrected chi connectivity index (χ0v) is 17.7. The predicted molar refractivity (Wildman–Crippen MR) is 114 cm³/mol. The van der Waals surface area contributed by atoms with E-state index in [-0.39, 0.29) is 30.7 Å². The fraction of sp³-hybridized carbons (Fsp3) is 0.190. The van der Waals surface area contributed by atoms with Crippen LogP contribution in [0, 0.1) is 0 Å². The van der Waals surface area contributed by atoms with Crippen molar-refractivity contribution < 1.29 is 19.2 Å². The number of halogens is 1. The number of aromatic amines is 1. The van der Waals surface area contributed by atoms with Crippen LogP contribution in [0.4, 0.5) is 5.69 Å². The summed E-state index contributed by atoms with van der Waals surface area (Å²) in [5, 5.41) is 5.12. The molecule has 5 rings (SSSR count). The number of anilines is 1. The third-order valence-corrected chi connectivity index (χ3v) is 6.28. The first kappa shape index (κ1) is 19.4. The molecule has 9 nitrogen and oxygen atoms in total. The van der Waals surface area contributed by atoms with Gasteiger partial charge in [0.05, 0.1) is 9.99 Å². The lowest BCUT2D eigenvalue weighted by Gasteiger charge is -2.29. The van der Waals surface area contributed by atoms with E-state index >= 15 is 0 Å². The topological polar surface area (TPSA) is 124 Å². The number of rotatable bonds is 3. The van der Waals surface area contributed by atoms with E-state index in [9.17, 15) is 19.2 Å². The largest absolute Gasteiger partial charge is 0.348 e. The summed E-state index contributed by atoms with van der Waals surface area (Å²) in [6, 6.07) is 7.95. The number of benzene rings is 1. The number of pyridine rings is 1. The molecule has 1 aromatic carbocycles. The van der Waals surface area contributed by atoms with Gasteiger partial charge < -0.3 is 15.2 Å². The molecule has 0 aliphatic carbocycles. The monoisotopic (exact) mass is 481 g/mol. The van der Waals surface area contributed by atoms with Gasteiger partial charge in [-0.25, -0.2) is 0 Å². The lowest BCUT2D eigenvalue weighted by Crippen LogP contribution is -2.52. The van der Waals surface area contributed by atoms with Crippen molar-refractivity contribution in [2.75, 3.05) is 5.32 Å². The Morgan fingerprint density at radius 2 is 2.06 bits per heavy atom. The maximum atomic E-state index is 12.8. The van der Waals surface area contributed by atoms with Crippen molar-refractivity contribution in [1.29, 1.82) is 0 Å². The van der Waals surface area contributed by atoms with Crippen molar-refractivity contribution in [3.05, 3.63) is 57.8 Å². The summed E-state index contributed by atoms with van der Waals surface area (Å²) in [7, 11) is 0. The van der Waals surface area contributed by atoms with Crippen LogP contribution < -0.4 is 10.6 Å². The Labute approximate surface area is 184 Å². The smallest absolute Gasteiger partial charge is 0.273 e. The molecule has 3 aromatic rings. The van der Waals surface area contributed by atoms with Crippen LogP contribution in [0.1, 0.15) is 39.3 Å². The Kier molecular flexibility index (Phi) is 4.58. The number of amides is 4. The molecule has 1 saturated heterocycles. The summed E-state index contributed by atoms with van der Waals surface area (Å²) in [5.41, 5.74) is 3.46. The molecule has 10 heteroatoms. The molecule has 0 radical (unpaired) electrons. The lowest BCUT2D eigenvalue weighted by atomic mass is 10.0. The van der Waals surface area contributed by atoms with E-state index in [0.29, 0.717) is 38.9 Å². The Morgan fingerprint density at radius 3 is 2.84 bits per heavy atom. The molecule has 2 aliphatic heterocycles. The van der Waals surface area contributed by atoms with Crippen LogP contribution in [0.15, 0.2) is 41.0 Å². The summed E-state index contributed by atoms with van der Waals surface area (Å²) in [5.74, 6) is -1.39. The number of nitrogens with one attached hydrogen (secondary N) is 3. The SMILES string of the molecule is O=C1CCC(N2Cc3cc(NC(=O)c4[nH]c5cccnc5c4Br)ccc3C2=O)C(=O)N1. The van der Waals surface area contributed by atoms with Crippen LogP contribution in [-0.4, -0.2) is 44.5 Å². The predicted octanol–water partition coefficient (Wildman–Crippen LogP) is 2.34. The maximum Gasteiger partial charge on any atom is 0.273 e. The molecule has 0 spiro atoms. The van der Waals surface area contributed by atoms with Gasteiger partial charge in [0.25, 0.3) is 11.8 Å². The van der Waals surface area contributed by atoms with Gasteiger partial charge in [0.15, 0.2) is 0 Å². The second-order valence-corrected chi connectivity index (χ2v) is 8.23. The number of carbonyl (C=O) groups excluding carboxylic acids is 4. The van der Waals surface area contributed by atoms with E-state index in [2.05, 4.69) is 36.5 Å². The molecule has 0 bridgehead atoms. The van der Waals surface area contributed by atoms with Crippen molar-refractivity contribution in [1.82, 2.24) is 20.2 Å². The number of nitrogens with zero attached hydrogens (tertiary/aromatic N) is 2. The normalized spacial score (nSPS) is 18.3. The van der Waals surface area contributed by atoms with Crippen LogP contribution in [0.2, 0.25) is 0 Å². The van der Waals surface area contributed by atoms with Gasteiger partial charge in [-0.05, 0) is 58.2 Å². The van der Waals surface area contributed by atoms with Crippen LogP contribution in [0.25, 0.3) is 11.0 Å². The Morgan fingerprint density at radius 1 is 1.23 bits per heavy atom. The molecule has 4 heterocycles. The van der Waals surface area contributed by atoms with E-state index in [1.54, 1.807) is 30.5 Å².